The van der Waals surface area contributed by atoms with Crippen molar-refractivity contribution in [2.24, 2.45) is 5.92 Å². The van der Waals surface area contributed by atoms with Crippen LogP contribution in [0.25, 0.3) is 0 Å². The van der Waals surface area contributed by atoms with Gasteiger partial charge in [0, 0.05) is 25.6 Å². The fourth-order valence-electron chi connectivity index (χ4n) is 3.30. The number of carbonyl (C=O) groups is 1. The fourth-order valence-corrected chi connectivity index (χ4v) is 6.62. The van der Waals surface area contributed by atoms with Crippen molar-refractivity contribution < 1.29 is 13.2 Å². The summed E-state index contributed by atoms with van der Waals surface area (Å²) in [6.45, 7) is 1.33. The lowest BCUT2D eigenvalue weighted by Gasteiger charge is -2.31. The van der Waals surface area contributed by atoms with E-state index in [1.165, 1.54) is 21.2 Å². The van der Waals surface area contributed by atoms with Crippen LogP contribution in [-0.2, 0) is 14.8 Å². The number of amides is 1. The van der Waals surface area contributed by atoms with Gasteiger partial charge in [0.25, 0.3) is 10.0 Å². The lowest BCUT2D eigenvalue weighted by molar-refractivity contribution is -0.126. The Morgan fingerprint density at radius 1 is 1.30 bits per heavy atom. The molecule has 0 aromatic carbocycles. The Balaban J connectivity index is 1.53. The molecule has 0 aliphatic carbocycles. The Labute approximate surface area is 168 Å². The summed E-state index contributed by atoms with van der Waals surface area (Å²) in [5, 5.41) is 8.97. The number of carbonyl (C=O) groups excluding carboxylic acids is 1. The van der Waals surface area contributed by atoms with Crippen LogP contribution < -0.4 is 5.32 Å². The van der Waals surface area contributed by atoms with E-state index in [0.717, 1.165) is 0 Å². The van der Waals surface area contributed by atoms with Crippen LogP contribution in [0.15, 0.2) is 38.5 Å². The zero-order valence-electron chi connectivity index (χ0n) is 15.5. The van der Waals surface area contributed by atoms with Gasteiger partial charge in [-0.05, 0) is 60.8 Å². The van der Waals surface area contributed by atoms with Crippen LogP contribution in [0.3, 0.4) is 0 Å². The van der Waals surface area contributed by atoms with Gasteiger partial charge in [-0.1, -0.05) is 6.07 Å². The Morgan fingerprint density at radius 2 is 2.04 bits per heavy atom. The molecule has 3 heterocycles. The minimum absolute atomic E-state index is 0.0188. The molecule has 1 amide bonds. The first kappa shape index (κ1) is 20.5. The minimum atomic E-state index is -3.42. The molecule has 2 aromatic heterocycles. The van der Waals surface area contributed by atoms with E-state index in [1.54, 1.807) is 28.8 Å². The zero-order chi connectivity index (χ0) is 19.4. The smallest absolute Gasteiger partial charge is 0.252 e. The van der Waals surface area contributed by atoms with Crippen molar-refractivity contribution in [1.82, 2.24) is 14.5 Å². The molecular formula is C18H25N3O3S3. The van der Waals surface area contributed by atoms with Crippen molar-refractivity contribution in [2.75, 3.05) is 33.7 Å². The summed E-state index contributed by atoms with van der Waals surface area (Å²) in [4.78, 5) is 14.7. The first-order valence-electron chi connectivity index (χ1n) is 8.89. The van der Waals surface area contributed by atoms with Crippen LogP contribution in [0.2, 0.25) is 0 Å². The standard InChI is InChI=1S/C18H25N3O3S3/c1-20(2)16(15-7-11-25-13-15)12-19-18(22)14-5-8-21(9-6-14)27(23,24)17-4-3-10-26-17/h3-4,7,10-11,13-14,16H,5-6,8-9,12H2,1-2H3,(H,19,22)/t16-/m1/s1. The molecule has 1 saturated heterocycles. The second-order valence-corrected chi connectivity index (χ2v) is 10.8. The third kappa shape index (κ3) is 4.78. The summed E-state index contributed by atoms with van der Waals surface area (Å²) in [6.07, 6.45) is 1.11. The molecule has 0 radical (unpaired) electrons. The van der Waals surface area contributed by atoms with E-state index in [1.807, 2.05) is 19.5 Å². The molecule has 1 fully saturated rings. The number of sulfonamides is 1. The summed E-state index contributed by atoms with van der Waals surface area (Å²) in [6, 6.07) is 5.59. The largest absolute Gasteiger partial charge is 0.354 e. The quantitative estimate of drug-likeness (QED) is 0.738. The highest BCUT2D eigenvalue weighted by Crippen LogP contribution is 2.26. The average Bonchev–Trinajstić information content (AvgIpc) is 3.36. The van der Waals surface area contributed by atoms with Gasteiger partial charge in [0.15, 0.2) is 0 Å². The van der Waals surface area contributed by atoms with Gasteiger partial charge < -0.3 is 10.2 Å². The van der Waals surface area contributed by atoms with Crippen molar-refractivity contribution >= 4 is 38.6 Å². The predicted molar refractivity (Wildman–Crippen MR) is 110 cm³/mol. The van der Waals surface area contributed by atoms with E-state index in [0.29, 0.717) is 36.7 Å². The highest BCUT2D eigenvalue weighted by Gasteiger charge is 2.32. The molecule has 3 rings (SSSR count). The summed E-state index contributed by atoms with van der Waals surface area (Å²) in [5.41, 5.74) is 1.20. The highest BCUT2D eigenvalue weighted by atomic mass is 32.2. The van der Waals surface area contributed by atoms with Crippen LogP contribution >= 0.6 is 22.7 Å². The number of likely N-dealkylation sites (N-methyl/N-ethyl adjacent to an activating group) is 1. The number of thiophene rings is 2. The van der Waals surface area contributed by atoms with Gasteiger partial charge in [0.1, 0.15) is 4.21 Å². The van der Waals surface area contributed by atoms with Crippen molar-refractivity contribution in [3.05, 3.63) is 39.9 Å². The van der Waals surface area contributed by atoms with E-state index in [2.05, 4.69) is 21.7 Å². The molecular weight excluding hydrogens is 402 g/mol. The number of nitrogens with one attached hydrogen (secondary N) is 1. The second kappa shape index (κ2) is 8.83. The number of piperidine rings is 1. The van der Waals surface area contributed by atoms with Crippen LogP contribution in [0.5, 0.6) is 0 Å². The van der Waals surface area contributed by atoms with Gasteiger partial charge in [-0.25, -0.2) is 8.42 Å². The molecule has 1 atom stereocenters. The van der Waals surface area contributed by atoms with Crippen molar-refractivity contribution in [2.45, 2.75) is 23.1 Å². The van der Waals surface area contributed by atoms with E-state index in [4.69, 9.17) is 0 Å². The molecule has 1 N–H and O–H groups in total. The zero-order valence-corrected chi connectivity index (χ0v) is 17.9. The molecule has 1 aliphatic heterocycles. The van der Waals surface area contributed by atoms with Crippen molar-refractivity contribution in [1.29, 1.82) is 0 Å². The van der Waals surface area contributed by atoms with E-state index in [9.17, 15) is 13.2 Å². The third-order valence-electron chi connectivity index (χ3n) is 4.93. The van der Waals surface area contributed by atoms with Crippen LogP contribution in [0, 0.1) is 5.92 Å². The summed E-state index contributed by atoms with van der Waals surface area (Å²) in [7, 11) is 0.585. The van der Waals surface area contributed by atoms with E-state index >= 15 is 0 Å². The maximum absolute atomic E-state index is 12.6. The van der Waals surface area contributed by atoms with Gasteiger partial charge in [0.05, 0.1) is 6.04 Å². The maximum Gasteiger partial charge on any atom is 0.252 e. The first-order chi connectivity index (χ1) is 12.9. The van der Waals surface area contributed by atoms with E-state index < -0.39 is 10.0 Å². The van der Waals surface area contributed by atoms with Crippen molar-refractivity contribution in [3.63, 3.8) is 0 Å². The maximum atomic E-state index is 12.6. The Morgan fingerprint density at radius 3 is 2.59 bits per heavy atom. The van der Waals surface area contributed by atoms with Gasteiger partial charge in [-0.3, -0.25) is 4.79 Å². The Hall–Kier alpha value is -1.26. The SMILES string of the molecule is CN(C)[C@H](CNC(=O)C1CCN(S(=O)(=O)c2cccs2)CC1)c1ccsc1. The van der Waals surface area contributed by atoms with Crippen LogP contribution in [0.1, 0.15) is 24.4 Å². The second-order valence-electron chi connectivity index (χ2n) is 6.89. The highest BCUT2D eigenvalue weighted by molar-refractivity contribution is 7.91. The molecule has 0 spiro atoms. The molecule has 6 nitrogen and oxygen atoms in total. The fraction of sp³-hybridized carbons (Fsp3) is 0.500. The number of rotatable bonds is 7. The van der Waals surface area contributed by atoms with Gasteiger partial charge in [0.2, 0.25) is 5.91 Å². The van der Waals surface area contributed by atoms with Crippen molar-refractivity contribution in [3.8, 4) is 0 Å². The average molecular weight is 428 g/mol. The normalized spacial score (nSPS) is 17.9. The molecule has 27 heavy (non-hydrogen) atoms. The topological polar surface area (TPSA) is 69.7 Å². The van der Waals surface area contributed by atoms with Gasteiger partial charge in [-0.15, -0.1) is 11.3 Å². The molecule has 9 heteroatoms. The first-order valence-corrected chi connectivity index (χ1v) is 12.2. The molecule has 0 unspecified atom stereocenters. The number of nitrogens with zero attached hydrogens (tertiary/aromatic N) is 2. The molecule has 1 aliphatic rings. The molecule has 2 aromatic rings. The summed E-state index contributed by atoms with van der Waals surface area (Å²) >= 11 is 2.88. The monoisotopic (exact) mass is 427 g/mol. The Kier molecular flexibility index (Phi) is 6.69. The summed E-state index contributed by atoms with van der Waals surface area (Å²) in [5.74, 6) is -0.115. The van der Waals surface area contributed by atoms with Crippen LogP contribution in [0.4, 0.5) is 0 Å². The van der Waals surface area contributed by atoms with Gasteiger partial charge >= 0.3 is 0 Å². The Bertz CT molecular complexity index is 825. The molecule has 148 valence electrons. The predicted octanol–water partition coefficient (Wildman–Crippen LogP) is 2.63. The van der Waals surface area contributed by atoms with E-state index in [-0.39, 0.29) is 17.9 Å². The lowest BCUT2D eigenvalue weighted by atomic mass is 9.97. The number of hydrogen-bond acceptors (Lipinski definition) is 6. The summed E-state index contributed by atoms with van der Waals surface area (Å²) < 4.78 is 27.0. The number of hydrogen-bond donors (Lipinski definition) is 1. The lowest BCUT2D eigenvalue weighted by Crippen LogP contribution is -2.44. The van der Waals surface area contributed by atoms with Gasteiger partial charge in [-0.2, -0.15) is 15.6 Å². The molecule has 0 bridgehead atoms. The van der Waals surface area contributed by atoms with Crippen LogP contribution in [-0.4, -0.2) is 57.3 Å². The molecule has 0 saturated carbocycles. The minimum Gasteiger partial charge on any atom is -0.354 e. The third-order valence-corrected chi connectivity index (χ3v) is 8.91.